The number of benzene rings is 1. The maximum Gasteiger partial charge on any atom is 0.418 e. The Morgan fingerprint density at radius 1 is 1.33 bits per heavy atom. The number of nitrogens with two attached hydrogens (primary N) is 1. The second-order valence-corrected chi connectivity index (χ2v) is 5.77. The molecule has 0 saturated carbocycles. The Kier molecular flexibility index (Phi) is 4.08. The van der Waals surface area contributed by atoms with Gasteiger partial charge < -0.3 is 15.4 Å². The van der Waals surface area contributed by atoms with Gasteiger partial charge >= 0.3 is 6.18 Å². The summed E-state index contributed by atoms with van der Waals surface area (Å²) < 4.78 is 45.0. The van der Waals surface area contributed by atoms with Crippen LogP contribution in [0.25, 0.3) is 10.9 Å². The highest BCUT2D eigenvalue weighted by Gasteiger charge is 2.35. The number of rotatable bonds is 2. The van der Waals surface area contributed by atoms with Gasteiger partial charge in [-0.05, 0) is 31.2 Å². The van der Waals surface area contributed by atoms with Crippen LogP contribution in [-0.4, -0.2) is 36.2 Å². The lowest BCUT2D eigenvalue weighted by Gasteiger charge is -2.37. The van der Waals surface area contributed by atoms with E-state index in [1.807, 2.05) is 4.90 Å². The molecular weight excluding hydrogens is 323 g/mol. The second kappa shape index (κ2) is 5.94. The Hall–Kier alpha value is -2.35. The van der Waals surface area contributed by atoms with Crippen LogP contribution in [0.4, 0.5) is 18.9 Å². The van der Waals surface area contributed by atoms with Gasteiger partial charge in [-0.2, -0.15) is 13.2 Å². The summed E-state index contributed by atoms with van der Waals surface area (Å²) in [6.45, 7) is 2.42. The SMILES string of the molecule is CC1CN(c2ccc(C(F)(F)F)c3ncccc23)CC(C(N)=O)O1. The molecule has 3 rings (SSSR count). The Labute approximate surface area is 136 Å². The van der Waals surface area contributed by atoms with Crippen molar-refractivity contribution in [2.24, 2.45) is 5.73 Å². The number of halogens is 3. The highest BCUT2D eigenvalue weighted by molar-refractivity contribution is 5.94. The minimum absolute atomic E-state index is 0.114. The minimum atomic E-state index is -4.49. The van der Waals surface area contributed by atoms with Crippen molar-refractivity contribution in [2.45, 2.75) is 25.3 Å². The third-order valence-electron chi connectivity index (χ3n) is 3.97. The van der Waals surface area contributed by atoms with Crippen LogP contribution in [0.15, 0.2) is 30.5 Å². The van der Waals surface area contributed by atoms with Crippen LogP contribution in [0.2, 0.25) is 0 Å². The molecule has 1 fully saturated rings. The van der Waals surface area contributed by atoms with Gasteiger partial charge in [-0.1, -0.05) is 0 Å². The number of aromatic nitrogens is 1. The van der Waals surface area contributed by atoms with Crippen LogP contribution in [0.5, 0.6) is 0 Å². The predicted octanol–water partition coefficient (Wildman–Crippen LogP) is 2.33. The summed E-state index contributed by atoms with van der Waals surface area (Å²) in [5, 5.41) is 0.379. The lowest BCUT2D eigenvalue weighted by atomic mass is 10.0. The molecule has 1 saturated heterocycles. The monoisotopic (exact) mass is 339 g/mol. The summed E-state index contributed by atoms with van der Waals surface area (Å²) in [6, 6.07) is 5.60. The van der Waals surface area contributed by atoms with E-state index in [9.17, 15) is 18.0 Å². The van der Waals surface area contributed by atoms with Crippen molar-refractivity contribution >= 4 is 22.5 Å². The summed E-state index contributed by atoms with van der Waals surface area (Å²) in [5.41, 5.74) is 4.99. The maximum absolute atomic E-state index is 13.2. The molecule has 5 nitrogen and oxygen atoms in total. The smallest absolute Gasteiger partial charge is 0.367 e. The van der Waals surface area contributed by atoms with Crippen molar-refractivity contribution in [3.05, 3.63) is 36.0 Å². The predicted molar refractivity (Wildman–Crippen MR) is 82.5 cm³/mol. The van der Waals surface area contributed by atoms with Crippen molar-refractivity contribution in [3.8, 4) is 0 Å². The number of primary amides is 1. The van der Waals surface area contributed by atoms with Gasteiger partial charge in [0.05, 0.1) is 23.7 Å². The third-order valence-corrected chi connectivity index (χ3v) is 3.97. The molecule has 128 valence electrons. The van der Waals surface area contributed by atoms with Crippen molar-refractivity contribution in [1.82, 2.24) is 4.98 Å². The highest BCUT2D eigenvalue weighted by atomic mass is 19.4. The van der Waals surface area contributed by atoms with Gasteiger partial charge in [0.25, 0.3) is 0 Å². The number of morpholine rings is 1. The molecular formula is C16H16F3N3O2. The zero-order chi connectivity index (χ0) is 17.5. The number of fused-ring (bicyclic) bond motifs is 1. The number of hydrogen-bond donors (Lipinski definition) is 1. The van der Waals surface area contributed by atoms with Crippen molar-refractivity contribution in [3.63, 3.8) is 0 Å². The van der Waals surface area contributed by atoms with Crippen LogP contribution < -0.4 is 10.6 Å². The topological polar surface area (TPSA) is 68.5 Å². The fourth-order valence-electron chi connectivity index (χ4n) is 2.97. The number of alkyl halides is 3. The molecule has 2 heterocycles. The lowest BCUT2D eigenvalue weighted by Crippen LogP contribution is -2.51. The number of anilines is 1. The van der Waals surface area contributed by atoms with Crippen LogP contribution in [0, 0.1) is 0 Å². The molecule has 8 heteroatoms. The first-order chi connectivity index (χ1) is 11.3. The van der Waals surface area contributed by atoms with Gasteiger partial charge in [0.2, 0.25) is 5.91 Å². The van der Waals surface area contributed by atoms with E-state index in [1.165, 1.54) is 12.3 Å². The number of carbonyl (C=O) groups is 1. The second-order valence-electron chi connectivity index (χ2n) is 5.77. The zero-order valence-corrected chi connectivity index (χ0v) is 12.9. The maximum atomic E-state index is 13.2. The van der Waals surface area contributed by atoms with Gasteiger partial charge in [0, 0.05) is 23.8 Å². The molecule has 0 aliphatic carbocycles. The standard InChI is InChI=1S/C16H16F3N3O2/c1-9-7-22(8-13(24-9)15(20)23)12-5-4-11(16(17,18)19)14-10(12)3-2-6-21-14/h2-6,9,13H,7-8H2,1H3,(H2,20,23). The zero-order valence-electron chi connectivity index (χ0n) is 12.9. The normalized spacial score (nSPS) is 21.9. The molecule has 1 aliphatic rings. The van der Waals surface area contributed by atoms with Crippen LogP contribution in [0.3, 0.4) is 0 Å². The number of ether oxygens (including phenoxy) is 1. The fraction of sp³-hybridized carbons (Fsp3) is 0.375. The summed E-state index contributed by atoms with van der Waals surface area (Å²) in [7, 11) is 0. The fourth-order valence-corrected chi connectivity index (χ4v) is 2.97. The first-order valence-corrected chi connectivity index (χ1v) is 7.42. The summed E-state index contributed by atoms with van der Waals surface area (Å²) >= 11 is 0. The molecule has 2 N–H and O–H groups in total. The molecule has 0 spiro atoms. The van der Waals surface area contributed by atoms with Crippen molar-refractivity contribution in [2.75, 3.05) is 18.0 Å². The van der Waals surface area contributed by atoms with Crippen LogP contribution in [-0.2, 0) is 15.7 Å². The Bertz CT molecular complexity index is 779. The van der Waals surface area contributed by atoms with E-state index in [-0.39, 0.29) is 18.2 Å². The van der Waals surface area contributed by atoms with E-state index < -0.39 is 23.8 Å². The van der Waals surface area contributed by atoms with Crippen LogP contribution >= 0.6 is 0 Å². The number of pyridine rings is 1. The minimum Gasteiger partial charge on any atom is -0.367 e. The Morgan fingerprint density at radius 3 is 2.75 bits per heavy atom. The van der Waals surface area contributed by atoms with E-state index in [1.54, 1.807) is 19.1 Å². The molecule has 1 amide bonds. The molecule has 1 aromatic carbocycles. The number of carbonyl (C=O) groups excluding carboxylic acids is 1. The Morgan fingerprint density at radius 2 is 2.08 bits per heavy atom. The average molecular weight is 339 g/mol. The quantitative estimate of drug-likeness (QED) is 0.912. The molecule has 2 unspecified atom stereocenters. The largest absolute Gasteiger partial charge is 0.418 e. The Balaban J connectivity index is 2.09. The molecule has 2 atom stereocenters. The third kappa shape index (κ3) is 3.01. The molecule has 24 heavy (non-hydrogen) atoms. The summed E-state index contributed by atoms with van der Waals surface area (Å²) in [6.07, 6.45) is -4.23. The van der Waals surface area contributed by atoms with Gasteiger partial charge in [-0.25, -0.2) is 0 Å². The van der Waals surface area contributed by atoms with E-state index in [0.29, 0.717) is 17.6 Å². The molecule has 1 aromatic heterocycles. The highest BCUT2D eigenvalue weighted by Crippen LogP contribution is 2.38. The molecule has 1 aliphatic heterocycles. The van der Waals surface area contributed by atoms with Gasteiger partial charge in [0.1, 0.15) is 0 Å². The average Bonchev–Trinajstić information content (AvgIpc) is 2.52. The summed E-state index contributed by atoms with van der Waals surface area (Å²) in [4.78, 5) is 17.2. The lowest BCUT2D eigenvalue weighted by molar-refractivity contribution is -0.136. The van der Waals surface area contributed by atoms with E-state index in [0.717, 1.165) is 6.07 Å². The molecule has 0 radical (unpaired) electrons. The molecule has 2 aromatic rings. The van der Waals surface area contributed by atoms with Gasteiger partial charge in [0.15, 0.2) is 6.10 Å². The summed E-state index contributed by atoms with van der Waals surface area (Å²) in [5.74, 6) is -0.596. The number of amides is 1. The molecule has 0 bridgehead atoms. The van der Waals surface area contributed by atoms with Gasteiger partial charge in [-0.15, -0.1) is 0 Å². The first kappa shape index (κ1) is 16.5. The number of nitrogens with zero attached hydrogens (tertiary/aromatic N) is 2. The number of hydrogen-bond acceptors (Lipinski definition) is 4. The van der Waals surface area contributed by atoms with Crippen molar-refractivity contribution in [1.29, 1.82) is 0 Å². The van der Waals surface area contributed by atoms with E-state index in [2.05, 4.69) is 4.98 Å². The van der Waals surface area contributed by atoms with E-state index in [4.69, 9.17) is 10.5 Å². The van der Waals surface area contributed by atoms with Gasteiger partial charge in [-0.3, -0.25) is 9.78 Å². The van der Waals surface area contributed by atoms with E-state index >= 15 is 0 Å². The van der Waals surface area contributed by atoms with Crippen LogP contribution in [0.1, 0.15) is 12.5 Å². The van der Waals surface area contributed by atoms with Crippen molar-refractivity contribution < 1.29 is 22.7 Å². The first-order valence-electron chi connectivity index (χ1n) is 7.42.